The van der Waals surface area contributed by atoms with E-state index in [4.69, 9.17) is 12.2 Å². The molecule has 1 saturated heterocycles. The maximum atomic E-state index is 12.5. The van der Waals surface area contributed by atoms with Gasteiger partial charge in [0.15, 0.2) is 0 Å². The fraction of sp³-hybridized carbons (Fsp3) is 0.333. The van der Waals surface area contributed by atoms with Crippen molar-refractivity contribution in [3.63, 3.8) is 0 Å². The second-order valence-electron chi connectivity index (χ2n) is 5.72. The van der Waals surface area contributed by atoms with Crippen molar-refractivity contribution in [3.05, 3.63) is 40.8 Å². The molecule has 8 heteroatoms. The maximum absolute atomic E-state index is 12.5. The molecule has 0 radical (unpaired) electrons. The van der Waals surface area contributed by atoms with Gasteiger partial charge in [-0.15, -0.1) is 0 Å². The van der Waals surface area contributed by atoms with Crippen LogP contribution in [0.5, 0.6) is 0 Å². The molecule has 0 bridgehead atoms. The Hall–Kier alpha value is -2.19. The number of hydrogen-bond donors (Lipinski definition) is 1. The minimum Gasteiger partial charge on any atom is -0.548 e. The summed E-state index contributed by atoms with van der Waals surface area (Å²) in [6.45, 7) is 1.93. The average Bonchev–Trinajstić information content (AvgIpc) is 2.87. The van der Waals surface area contributed by atoms with Crippen LogP contribution >= 0.6 is 24.0 Å². The number of carbonyl (C=O) groups excluding carboxylic acids is 3. The van der Waals surface area contributed by atoms with E-state index in [9.17, 15) is 19.5 Å². The summed E-state index contributed by atoms with van der Waals surface area (Å²) >= 11 is 6.41. The van der Waals surface area contributed by atoms with Gasteiger partial charge in [0.25, 0.3) is 5.91 Å². The van der Waals surface area contributed by atoms with Crippen LogP contribution in [0, 0.1) is 0 Å². The molecule has 6 nitrogen and oxygen atoms in total. The van der Waals surface area contributed by atoms with Gasteiger partial charge in [-0.25, -0.2) is 0 Å². The first kappa shape index (κ1) is 20.1. The summed E-state index contributed by atoms with van der Waals surface area (Å²) in [4.78, 5) is 37.3. The minimum absolute atomic E-state index is 0.0292. The number of amides is 2. The minimum atomic E-state index is -1.31. The van der Waals surface area contributed by atoms with Gasteiger partial charge >= 0.3 is 0 Å². The number of hydrogen-bond acceptors (Lipinski definition) is 6. The number of thioether (sulfide) groups is 1. The summed E-state index contributed by atoms with van der Waals surface area (Å²) in [5.74, 6) is -2.01. The topological polar surface area (TPSA) is 89.5 Å². The molecule has 1 fully saturated rings. The Morgan fingerprint density at radius 3 is 2.65 bits per heavy atom. The standard InChI is InChI=1S/C18H20N2O4S2/c1-2-6-13(17(23)24)19-15(21)9-10-20-16(22)14(26-18(20)25)11-12-7-4-3-5-8-12/h3-5,7-8,11,13H,2,6,9-10H2,1H3,(H,19,21)(H,23,24)/p-1/b14-11+/t13-/m0/s1. The molecule has 26 heavy (non-hydrogen) atoms. The molecule has 1 aliphatic rings. The third-order valence-corrected chi connectivity index (χ3v) is 5.11. The predicted octanol–water partition coefficient (Wildman–Crippen LogP) is 1.31. The van der Waals surface area contributed by atoms with E-state index in [1.54, 1.807) is 6.08 Å². The summed E-state index contributed by atoms with van der Waals surface area (Å²) in [6, 6.07) is 8.39. The Morgan fingerprint density at radius 1 is 1.35 bits per heavy atom. The van der Waals surface area contributed by atoms with Crippen LogP contribution in [0.25, 0.3) is 6.08 Å². The number of aliphatic carboxylic acids is 1. The summed E-state index contributed by atoms with van der Waals surface area (Å²) in [7, 11) is 0. The molecule has 138 valence electrons. The van der Waals surface area contributed by atoms with E-state index in [-0.39, 0.29) is 18.9 Å². The first-order valence-electron chi connectivity index (χ1n) is 8.23. The number of nitrogens with zero attached hydrogens (tertiary/aromatic N) is 1. The molecule has 0 spiro atoms. The fourth-order valence-electron chi connectivity index (χ4n) is 2.41. The zero-order chi connectivity index (χ0) is 19.1. The normalized spacial score (nSPS) is 16.8. The molecule has 1 atom stereocenters. The van der Waals surface area contributed by atoms with E-state index >= 15 is 0 Å². The first-order chi connectivity index (χ1) is 12.4. The fourth-order valence-corrected chi connectivity index (χ4v) is 3.72. The van der Waals surface area contributed by atoms with Crippen LogP contribution in [0.3, 0.4) is 0 Å². The summed E-state index contributed by atoms with van der Waals surface area (Å²) < 4.78 is 0.384. The lowest BCUT2D eigenvalue weighted by Crippen LogP contribution is -2.48. The SMILES string of the molecule is CCC[C@H](NC(=O)CCN1C(=O)/C(=C\c2ccccc2)SC1=S)C(=O)[O-]. The average molecular weight is 391 g/mol. The van der Waals surface area contributed by atoms with Gasteiger partial charge in [-0.1, -0.05) is 67.7 Å². The highest BCUT2D eigenvalue weighted by Gasteiger charge is 2.32. The van der Waals surface area contributed by atoms with E-state index in [0.29, 0.717) is 22.1 Å². The second kappa shape index (κ2) is 9.49. The van der Waals surface area contributed by atoms with Crippen LogP contribution in [0.15, 0.2) is 35.2 Å². The number of nitrogens with one attached hydrogen (secondary N) is 1. The molecule has 2 rings (SSSR count). The molecular formula is C18H19N2O4S2-. The molecule has 2 amide bonds. The molecule has 1 heterocycles. The molecule has 1 aromatic carbocycles. The molecule has 1 N–H and O–H groups in total. The van der Waals surface area contributed by atoms with Gasteiger partial charge in [-0.05, 0) is 18.1 Å². The van der Waals surface area contributed by atoms with Crippen LogP contribution in [0.4, 0.5) is 0 Å². The van der Waals surface area contributed by atoms with Crippen molar-refractivity contribution in [2.24, 2.45) is 0 Å². The van der Waals surface area contributed by atoms with Crippen LogP contribution in [0.2, 0.25) is 0 Å². The Morgan fingerprint density at radius 2 is 2.04 bits per heavy atom. The van der Waals surface area contributed by atoms with Gasteiger partial charge in [-0.2, -0.15) is 0 Å². The van der Waals surface area contributed by atoms with Gasteiger partial charge in [0.2, 0.25) is 5.91 Å². The zero-order valence-corrected chi connectivity index (χ0v) is 15.9. The van der Waals surface area contributed by atoms with E-state index in [1.165, 1.54) is 16.7 Å². The lowest BCUT2D eigenvalue weighted by Gasteiger charge is -2.20. The van der Waals surface area contributed by atoms with Crippen LogP contribution in [0.1, 0.15) is 31.7 Å². The largest absolute Gasteiger partial charge is 0.548 e. The molecular weight excluding hydrogens is 372 g/mol. The molecule has 1 aromatic rings. The number of benzene rings is 1. The lowest BCUT2D eigenvalue weighted by molar-refractivity contribution is -0.308. The number of carbonyl (C=O) groups is 3. The number of carboxylic acids is 1. The van der Waals surface area contributed by atoms with Crippen molar-refractivity contribution in [1.82, 2.24) is 10.2 Å². The predicted molar refractivity (Wildman–Crippen MR) is 103 cm³/mol. The number of carboxylic acid groups (broad SMARTS) is 1. The highest BCUT2D eigenvalue weighted by Crippen LogP contribution is 2.32. The van der Waals surface area contributed by atoms with Crippen molar-refractivity contribution in [3.8, 4) is 0 Å². The van der Waals surface area contributed by atoms with Crippen LogP contribution < -0.4 is 10.4 Å². The second-order valence-corrected chi connectivity index (χ2v) is 7.40. The number of thiocarbonyl (C=S) groups is 1. The maximum Gasteiger partial charge on any atom is 0.266 e. The van der Waals surface area contributed by atoms with Crippen molar-refractivity contribution in [1.29, 1.82) is 0 Å². The molecule has 0 aromatic heterocycles. The first-order valence-corrected chi connectivity index (χ1v) is 9.45. The van der Waals surface area contributed by atoms with E-state index < -0.39 is 17.9 Å². The molecule has 1 aliphatic heterocycles. The summed E-state index contributed by atoms with van der Waals surface area (Å²) in [5, 5.41) is 13.4. The Kier molecular flexibility index (Phi) is 7.35. The monoisotopic (exact) mass is 391 g/mol. The summed E-state index contributed by atoms with van der Waals surface area (Å²) in [5.41, 5.74) is 0.891. The molecule has 0 unspecified atom stereocenters. The van der Waals surface area contributed by atoms with Gasteiger partial charge < -0.3 is 15.2 Å². The van der Waals surface area contributed by atoms with Crippen molar-refractivity contribution in [2.75, 3.05) is 6.54 Å². The lowest BCUT2D eigenvalue weighted by atomic mass is 10.1. The van der Waals surface area contributed by atoms with Crippen molar-refractivity contribution >= 4 is 52.2 Å². The highest BCUT2D eigenvalue weighted by atomic mass is 32.2. The third-order valence-electron chi connectivity index (χ3n) is 3.73. The highest BCUT2D eigenvalue weighted by molar-refractivity contribution is 8.26. The summed E-state index contributed by atoms with van der Waals surface area (Å²) in [6.07, 6.45) is 2.64. The van der Waals surface area contributed by atoms with Gasteiger partial charge in [0, 0.05) is 13.0 Å². The Labute approximate surface area is 161 Å². The number of rotatable bonds is 8. The Balaban J connectivity index is 1.94. The Bertz CT molecular complexity index is 734. The zero-order valence-electron chi connectivity index (χ0n) is 14.3. The smallest absolute Gasteiger partial charge is 0.266 e. The third kappa shape index (κ3) is 5.40. The van der Waals surface area contributed by atoms with Crippen LogP contribution in [-0.4, -0.2) is 39.6 Å². The molecule has 0 saturated carbocycles. The van der Waals surface area contributed by atoms with E-state index in [0.717, 1.165) is 5.56 Å². The quantitative estimate of drug-likeness (QED) is 0.531. The van der Waals surface area contributed by atoms with Crippen molar-refractivity contribution in [2.45, 2.75) is 32.2 Å². The van der Waals surface area contributed by atoms with Gasteiger partial charge in [-0.3, -0.25) is 14.5 Å². The van der Waals surface area contributed by atoms with Gasteiger partial charge in [0.1, 0.15) is 4.32 Å². The van der Waals surface area contributed by atoms with E-state index in [2.05, 4.69) is 5.32 Å². The van der Waals surface area contributed by atoms with Crippen LogP contribution in [-0.2, 0) is 14.4 Å². The van der Waals surface area contributed by atoms with E-state index in [1.807, 2.05) is 37.3 Å². The van der Waals surface area contributed by atoms with Crippen molar-refractivity contribution < 1.29 is 19.5 Å². The van der Waals surface area contributed by atoms with Gasteiger partial charge in [0.05, 0.1) is 16.9 Å². The molecule has 0 aliphatic carbocycles.